The molecular formula is C58H112N+. The Morgan fingerprint density at radius 2 is 0.508 bits per heavy atom. The largest absolute Gasteiger partial charge is 0.202 e. The van der Waals surface area contributed by atoms with Gasteiger partial charge in [-0.25, -0.2) is 4.57 Å². The van der Waals surface area contributed by atoms with Crippen molar-refractivity contribution in [3.8, 4) is 0 Å². The van der Waals surface area contributed by atoms with E-state index in [1.54, 1.807) is 11.3 Å². The van der Waals surface area contributed by atoms with E-state index in [1.165, 1.54) is 321 Å². The molecule has 0 N–H and O–H groups in total. The highest BCUT2D eigenvalue weighted by atomic mass is 15.0. The lowest BCUT2D eigenvalue weighted by atomic mass is 9.99. The predicted octanol–water partition coefficient (Wildman–Crippen LogP) is 20.5. The molecule has 0 saturated heterocycles. The summed E-state index contributed by atoms with van der Waals surface area (Å²) in [5.74, 6) is 0. The Kier molecular flexibility index (Phi) is 45.9. The molecule has 1 aromatic heterocycles. The fraction of sp³-hybridized carbons (Fsp3) is 0.914. The molecule has 0 bridgehead atoms. The molecule has 348 valence electrons. The minimum atomic E-state index is 1.24. The Balaban J connectivity index is 2.31. The average molecular weight is 824 g/mol. The SMILES string of the molecule is CCCCCCCCCCCCCCCCCCc1ccc[n+](CCCCCCCCCCCCCCCCC)c1CCCCCCCCCCCCCCCCCC. The van der Waals surface area contributed by atoms with E-state index in [9.17, 15) is 0 Å². The molecule has 0 unspecified atom stereocenters. The zero-order valence-corrected chi connectivity index (χ0v) is 41.5. The lowest BCUT2D eigenvalue weighted by molar-refractivity contribution is -0.705. The monoisotopic (exact) mass is 823 g/mol. The van der Waals surface area contributed by atoms with E-state index in [0.717, 1.165) is 0 Å². The smallest absolute Gasteiger partial charge is 0.184 e. The van der Waals surface area contributed by atoms with Crippen LogP contribution in [-0.2, 0) is 19.4 Å². The molecule has 0 aliphatic carbocycles. The summed E-state index contributed by atoms with van der Waals surface area (Å²) in [6.45, 7) is 8.19. The van der Waals surface area contributed by atoms with Crippen molar-refractivity contribution in [3.05, 3.63) is 29.6 Å². The van der Waals surface area contributed by atoms with Crippen LogP contribution in [0.3, 0.4) is 0 Å². The van der Waals surface area contributed by atoms with E-state index in [1.807, 2.05) is 0 Å². The molecular weight excluding hydrogens is 711 g/mol. The molecule has 0 aliphatic rings. The highest BCUT2D eigenvalue weighted by molar-refractivity contribution is 5.16. The van der Waals surface area contributed by atoms with Crippen LogP contribution in [-0.4, -0.2) is 0 Å². The Morgan fingerprint density at radius 1 is 0.271 bits per heavy atom. The summed E-state index contributed by atoms with van der Waals surface area (Å²) in [5.41, 5.74) is 3.38. The van der Waals surface area contributed by atoms with Crippen molar-refractivity contribution < 1.29 is 4.57 Å². The second-order valence-corrected chi connectivity index (χ2v) is 19.7. The van der Waals surface area contributed by atoms with Crippen molar-refractivity contribution >= 4 is 0 Å². The predicted molar refractivity (Wildman–Crippen MR) is 268 cm³/mol. The average Bonchev–Trinajstić information content (AvgIpc) is 3.25. The molecule has 0 amide bonds. The van der Waals surface area contributed by atoms with Crippen molar-refractivity contribution in [2.75, 3.05) is 0 Å². The van der Waals surface area contributed by atoms with Gasteiger partial charge in [0.2, 0.25) is 0 Å². The van der Waals surface area contributed by atoms with Crippen molar-refractivity contribution in [2.45, 2.75) is 342 Å². The van der Waals surface area contributed by atoms with Gasteiger partial charge in [0.25, 0.3) is 0 Å². The molecule has 0 saturated carbocycles. The molecule has 59 heavy (non-hydrogen) atoms. The Labute approximate surface area is 374 Å². The number of hydrogen-bond acceptors (Lipinski definition) is 0. The van der Waals surface area contributed by atoms with Crippen LogP contribution in [0, 0.1) is 0 Å². The molecule has 0 atom stereocenters. The van der Waals surface area contributed by atoms with E-state index in [-0.39, 0.29) is 0 Å². The first-order valence-corrected chi connectivity index (χ1v) is 28.3. The first kappa shape index (κ1) is 56.2. The van der Waals surface area contributed by atoms with Gasteiger partial charge in [-0.05, 0) is 31.7 Å². The highest BCUT2D eigenvalue weighted by Gasteiger charge is 2.15. The van der Waals surface area contributed by atoms with Gasteiger partial charge in [0.05, 0.1) is 0 Å². The summed E-state index contributed by atoms with van der Waals surface area (Å²) >= 11 is 0. The van der Waals surface area contributed by atoms with Crippen LogP contribution in [0.15, 0.2) is 18.3 Å². The number of nitrogens with zero attached hydrogens (tertiary/aromatic N) is 1. The van der Waals surface area contributed by atoms with Crippen LogP contribution in [0.1, 0.15) is 334 Å². The Bertz CT molecular complexity index is 920. The first-order chi connectivity index (χ1) is 29.3. The molecule has 0 aliphatic heterocycles. The number of aromatic nitrogens is 1. The third-order valence-electron chi connectivity index (χ3n) is 13.9. The van der Waals surface area contributed by atoms with E-state index >= 15 is 0 Å². The van der Waals surface area contributed by atoms with E-state index < -0.39 is 0 Å². The minimum Gasteiger partial charge on any atom is -0.202 e. The van der Waals surface area contributed by atoms with Gasteiger partial charge < -0.3 is 0 Å². The van der Waals surface area contributed by atoms with Gasteiger partial charge in [0, 0.05) is 24.5 Å². The number of rotatable bonds is 50. The van der Waals surface area contributed by atoms with E-state index in [4.69, 9.17) is 0 Å². The van der Waals surface area contributed by atoms with Crippen LogP contribution >= 0.6 is 0 Å². The standard InChI is InChI=1S/C58H112N/c1-4-7-10-13-16-19-22-25-28-30-33-36-39-42-45-48-52-57-53-51-56-59(55-50-47-44-41-38-35-32-27-24-21-18-15-12-9-6-3)58(57)54-49-46-43-40-37-34-31-29-26-23-20-17-14-11-8-5-2/h51,53,56H,4-50,52,54-55H2,1-3H3/q+1. The summed E-state index contributed by atoms with van der Waals surface area (Å²) in [5, 5.41) is 0. The molecule has 1 heterocycles. The molecule has 1 rings (SSSR count). The molecule has 1 nitrogen and oxygen atoms in total. The lowest BCUT2D eigenvalue weighted by Gasteiger charge is -2.11. The minimum absolute atomic E-state index is 1.24. The number of unbranched alkanes of at least 4 members (excludes halogenated alkanes) is 44. The van der Waals surface area contributed by atoms with Crippen molar-refractivity contribution in [1.82, 2.24) is 0 Å². The maximum atomic E-state index is 2.70. The molecule has 0 fully saturated rings. The van der Waals surface area contributed by atoms with E-state index in [0.29, 0.717) is 0 Å². The second kappa shape index (κ2) is 48.2. The van der Waals surface area contributed by atoms with Crippen molar-refractivity contribution in [1.29, 1.82) is 0 Å². The van der Waals surface area contributed by atoms with Gasteiger partial charge in [0.1, 0.15) is 6.54 Å². The number of hydrogen-bond donors (Lipinski definition) is 0. The quantitative estimate of drug-likeness (QED) is 0.0455. The Hall–Kier alpha value is -0.850. The third-order valence-corrected chi connectivity index (χ3v) is 13.9. The summed E-state index contributed by atoms with van der Waals surface area (Å²) in [7, 11) is 0. The van der Waals surface area contributed by atoms with Crippen LogP contribution in [0.4, 0.5) is 0 Å². The normalized spacial score (nSPS) is 11.6. The summed E-state index contributed by atoms with van der Waals surface area (Å²) in [4.78, 5) is 0. The maximum absolute atomic E-state index is 2.70. The first-order valence-electron chi connectivity index (χ1n) is 28.3. The molecule has 0 radical (unpaired) electrons. The summed E-state index contributed by atoms with van der Waals surface area (Å²) in [6.07, 6.45) is 73.2. The van der Waals surface area contributed by atoms with Gasteiger partial charge in [-0.2, -0.15) is 0 Å². The highest BCUT2D eigenvalue weighted by Crippen LogP contribution is 2.19. The topological polar surface area (TPSA) is 3.88 Å². The second-order valence-electron chi connectivity index (χ2n) is 19.7. The zero-order valence-electron chi connectivity index (χ0n) is 41.5. The van der Waals surface area contributed by atoms with E-state index in [2.05, 4.69) is 43.7 Å². The van der Waals surface area contributed by atoms with Crippen molar-refractivity contribution in [3.63, 3.8) is 0 Å². The van der Waals surface area contributed by atoms with Crippen LogP contribution in [0.25, 0.3) is 0 Å². The number of aryl methyl sites for hydroxylation is 2. The van der Waals surface area contributed by atoms with Crippen molar-refractivity contribution in [2.24, 2.45) is 0 Å². The molecule has 0 aromatic carbocycles. The molecule has 1 heteroatoms. The zero-order chi connectivity index (χ0) is 42.2. The van der Waals surface area contributed by atoms with Crippen LogP contribution < -0.4 is 4.57 Å². The van der Waals surface area contributed by atoms with Gasteiger partial charge in [-0.1, -0.05) is 297 Å². The van der Waals surface area contributed by atoms with Gasteiger partial charge in [0.15, 0.2) is 11.9 Å². The van der Waals surface area contributed by atoms with Gasteiger partial charge in [-0.15, -0.1) is 0 Å². The molecule has 0 spiro atoms. The molecule has 1 aromatic rings. The lowest BCUT2D eigenvalue weighted by Crippen LogP contribution is -2.39. The summed E-state index contributed by atoms with van der Waals surface area (Å²) in [6, 6.07) is 4.88. The number of pyridine rings is 1. The van der Waals surface area contributed by atoms with Gasteiger partial charge >= 0.3 is 0 Å². The fourth-order valence-corrected chi connectivity index (χ4v) is 9.73. The Morgan fingerprint density at radius 3 is 0.797 bits per heavy atom. The van der Waals surface area contributed by atoms with Crippen LogP contribution in [0.5, 0.6) is 0 Å². The maximum Gasteiger partial charge on any atom is 0.184 e. The fourth-order valence-electron chi connectivity index (χ4n) is 9.73. The van der Waals surface area contributed by atoms with Gasteiger partial charge in [-0.3, -0.25) is 0 Å². The summed E-state index contributed by atoms with van der Waals surface area (Å²) < 4.78 is 2.70. The van der Waals surface area contributed by atoms with Crippen LogP contribution in [0.2, 0.25) is 0 Å². The third kappa shape index (κ3) is 39.7.